The zero-order chi connectivity index (χ0) is 20.6. The maximum Gasteiger partial charge on any atom is 0.410 e. The van der Waals surface area contributed by atoms with E-state index < -0.39 is 11.4 Å². The zero-order valence-corrected chi connectivity index (χ0v) is 17.4. The highest BCUT2D eigenvalue weighted by Gasteiger charge is 2.60. The van der Waals surface area contributed by atoms with Gasteiger partial charge >= 0.3 is 12.1 Å². The molecule has 7 nitrogen and oxygen atoms in total. The Morgan fingerprint density at radius 2 is 1.86 bits per heavy atom. The summed E-state index contributed by atoms with van der Waals surface area (Å²) in [6, 6.07) is 0.00505. The molecule has 3 atom stereocenters. The Labute approximate surface area is 172 Å². The molecule has 4 saturated carbocycles. The molecule has 5 aliphatic rings. The minimum atomic E-state index is -0.668. The van der Waals surface area contributed by atoms with Crippen LogP contribution in [-0.4, -0.2) is 53.2 Å². The maximum atomic E-state index is 12.8. The fourth-order valence-electron chi connectivity index (χ4n) is 6.50. The van der Waals surface area contributed by atoms with Crippen LogP contribution >= 0.6 is 0 Å². The van der Waals surface area contributed by atoms with Crippen molar-refractivity contribution in [2.75, 3.05) is 13.1 Å². The van der Waals surface area contributed by atoms with Crippen LogP contribution in [0.3, 0.4) is 0 Å². The molecule has 7 heteroatoms. The van der Waals surface area contributed by atoms with Gasteiger partial charge in [0.1, 0.15) is 6.10 Å². The molecule has 0 spiro atoms. The first-order valence-corrected chi connectivity index (χ1v) is 11.4. The third kappa shape index (κ3) is 4.10. The number of carbonyl (C=O) groups excluding carboxylic acids is 2. The molecule has 4 aliphatic carbocycles. The van der Waals surface area contributed by atoms with Gasteiger partial charge in [-0.25, -0.2) is 4.79 Å². The van der Waals surface area contributed by atoms with E-state index >= 15 is 0 Å². The SMILES string of the molecule is CCCCCC(=O)N[C@@H]1CCN(C(=O)OC2C3CC4CC2CC(C(=O)O)(C4)C3)C1. The number of unbranched alkanes of at least 4 members (excludes halogenated alkanes) is 2. The van der Waals surface area contributed by atoms with Gasteiger partial charge in [0.15, 0.2) is 0 Å². The van der Waals surface area contributed by atoms with Crippen LogP contribution in [0, 0.1) is 23.2 Å². The molecule has 2 N–H and O–H groups in total. The Morgan fingerprint density at radius 3 is 2.52 bits per heavy atom. The number of likely N-dealkylation sites (tertiary alicyclic amines) is 1. The van der Waals surface area contributed by atoms with Crippen LogP contribution in [-0.2, 0) is 14.3 Å². The summed E-state index contributed by atoms with van der Waals surface area (Å²) in [5.74, 6) is 0.228. The largest absolute Gasteiger partial charge is 0.481 e. The number of hydrogen-bond donors (Lipinski definition) is 2. The first kappa shape index (κ1) is 20.5. The lowest BCUT2D eigenvalue weighted by molar-refractivity contribution is -0.179. The standard InChI is InChI=1S/C22H34N2O5/c1-2-3-4-5-18(25)23-17-6-7-24(13-17)21(28)29-19-15-8-14-9-16(19)12-22(10-14,11-15)20(26)27/h14-17,19H,2-13H2,1H3,(H,23,25)(H,26,27)/t14?,15?,16?,17-,19?,22?/m1/s1. The molecular weight excluding hydrogens is 372 g/mol. The Kier molecular flexibility index (Phi) is 5.76. The first-order valence-electron chi connectivity index (χ1n) is 11.4. The summed E-state index contributed by atoms with van der Waals surface area (Å²) in [6.45, 7) is 3.22. The lowest BCUT2D eigenvalue weighted by Gasteiger charge is -2.57. The predicted molar refractivity (Wildman–Crippen MR) is 106 cm³/mol. The number of nitrogens with one attached hydrogen (secondary N) is 1. The molecule has 2 amide bonds. The monoisotopic (exact) mass is 406 g/mol. The van der Waals surface area contributed by atoms with Gasteiger partial charge in [-0.15, -0.1) is 0 Å². The fourth-order valence-corrected chi connectivity index (χ4v) is 6.50. The number of carboxylic acids is 1. The average molecular weight is 407 g/mol. The van der Waals surface area contributed by atoms with E-state index in [1.54, 1.807) is 4.90 Å². The lowest BCUT2D eigenvalue weighted by atomic mass is 9.48. The van der Waals surface area contributed by atoms with Crippen molar-refractivity contribution in [3.05, 3.63) is 0 Å². The van der Waals surface area contributed by atoms with Gasteiger partial charge in [0.25, 0.3) is 0 Å². The van der Waals surface area contributed by atoms with Gasteiger partial charge in [0.2, 0.25) is 5.91 Å². The second kappa shape index (κ2) is 8.15. The van der Waals surface area contributed by atoms with E-state index in [-0.39, 0.29) is 36.0 Å². The number of carbonyl (C=O) groups is 3. The highest BCUT2D eigenvalue weighted by molar-refractivity contribution is 5.77. The van der Waals surface area contributed by atoms with E-state index in [1.165, 1.54) is 0 Å². The topological polar surface area (TPSA) is 95.9 Å². The van der Waals surface area contributed by atoms with Crippen molar-refractivity contribution in [2.45, 2.75) is 83.3 Å². The van der Waals surface area contributed by atoms with Gasteiger partial charge in [-0.05, 0) is 62.7 Å². The van der Waals surface area contributed by atoms with Gasteiger partial charge in [-0.2, -0.15) is 0 Å². The number of aliphatic carboxylic acids is 1. The van der Waals surface area contributed by atoms with Crippen LogP contribution in [0.1, 0.15) is 71.1 Å². The smallest absolute Gasteiger partial charge is 0.410 e. The number of amides is 2. The van der Waals surface area contributed by atoms with Crippen LogP contribution in [0.4, 0.5) is 4.79 Å². The normalized spacial score (nSPS) is 37.6. The number of carboxylic acid groups (broad SMARTS) is 1. The van der Waals surface area contributed by atoms with Crippen LogP contribution in [0.5, 0.6) is 0 Å². The number of rotatable bonds is 7. The zero-order valence-electron chi connectivity index (χ0n) is 17.4. The lowest BCUT2D eigenvalue weighted by Crippen LogP contribution is -2.57. The van der Waals surface area contributed by atoms with Crippen LogP contribution in [0.2, 0.25) is 0 Å². The van der Waals surface area contributed by atoms with E-state index in [0.29, 0.717) is 38.3 Å². The van der Waals surface area contributed by atoms with Crippen molar-refractivity contribution in [1.82, 2.24) is 10.2 Å². The molecular formula is C22H34N2O5. The summed E-state index contributed by atoms with van der Waals surface area (Å²) in [5.41, 5.74) is -0.583. The Balaban J connectivity index is 1.28. The predicted octanol–water partition coefficient (Wildman–Crippen LogP) is 3.17. The molecule has 162 valence electrons. The quantitative estimate of drug-likeness (QED) is 0.633. The molecule has 0 radical (unpaired) electrons. The minimum Gasteiger partial charge on any atom is -0.481 e. The summed E-state index contributed by atoms with van der Waals surface area (Å²) in [4.78, 5) is 38.3. The molecule has 4 bridgehead atoms. The van der Waals surface area contributed by atoms with E-state index in [2.05, 4.69) is 12.2 Å². The highest BCUT2D eigenvalue weighted by atomic mass is 16.6. The third-order valence-electron chi connectivity index (χ3n) is 7.70. The second-order valence-corrected chi connectivity index (χ2v) is 9.86. The summed E-state index contributed by atoms with van der Waals surface area (Å²) in [6.07, 6.45) is 7.98. The molecule has 5 fully saturated rings. The van der Waals surface area contributed by atoms with Crippen molar-refractivity contribution in [2.24, 2.45) is 23.2 Å². The summed E-state index contributed by atoms with van der Waals surface area (Å²) < 4.78 is 5.95. The third-order valence-corrected chi connectivity index (χ3v) is 7.70. The minimum absolute atomic E-state index is 0.00505. The molecule has 0 aromatic rings. The molecule has 5 rings (SSSR count). The van der Waals surface area contributed by atoms with E-state index in [4.69, 9.17) is 4.74 Å². The molecule has 1 saturated heterocycles. The Hall–Kier alpha value is -1.79. The van der Waals surface area contributed by atoms with Crippen molar-refractivity contribution < 1.29 is 24.2 Å². The van der Waals surface area contributed by atoms with Crippen LogP contribution < -0.4 is 5.32 Å². The van der Waals surface area contributed by atoms with Gasteiger partial charge in [-0.3, -0.25) is 9.59 Å². The maximum absolute atomic E-state index is 12.8. The molecule has 1 heterocycles. The number of hydrogen-bond acceptors (Lipinski definition) is 4. The molecule has 2 unspecified atom stereocenters. The van der Waals surface area contributed by atoms with Crippen molar-refractivity contribution >= 4 is 18.0 Å². The van der Waals surface area contributed by atoms with Crippen molar-refractivity contribution in [3.63, 3.8) is 0 Å². The van der Waals surface area contributed by atoms with E-state index in [0.717, 1.165) is 44.9 Å². The Morgan fingerprint density at radius 1 is 1.14 bits per heavy atom. The van der Waals surface area contributed by atoms with Crippen LogP contribution in [0.15, 0.2) is 0 Å². The van der Waals surface area contributed by atoms with Gasteiger partial charge in [0.05, 0.1) is 5.41 Å². The van der Waals surface area contributed by atoms with Crippen molar-refractivity contribution in [3.8, 4) is 0 Å². The highest BCUT2D eigenvalue weighted by Crippen LogP contribution is 2.60. The van der Waals surface area contributed by atoms with Crippen molar-refractivity contribution in [1.29, 1.82) is 0 Å². The second-order valence-electron chi connectivity index (χ2n) is 9.86. The van der Waals surface area contributed by atoms with E-state index in [1.807, 2.05) is 0 Å². The van der Waals surface area contributed by atoms with Crippen LogP contribution in [0.25, 0.3) is 0 Å². The number of ether oxygens (including phenoxy) is 1. The summed E-state index contributed by atoms with van der Waals surface area (Å²) >= 11 is 0. The first-order chi connectivity index (χ1) is 13.9. The van der Waals surface area contributed by atoms with Gasteiger partial charge < -0.3 is 20.1 Å². The molecule has 0 aromatic carbocycles. The van der Waals surface area contributed by atoms with E-state index in [9.17, 15) is 19.5 Å². The average Bonchev–Trinajstić information content (AvgIpc) is 3.12. The van der Waals surface area contributed by atoms with Gasteiger partial charge in [0, 0.05) is 25.6 Å². The molecule has 1 aliphatic heterocycles. The summed E-state index contributed by atoms with van der Waals surface area (Å²) in [5, 5.41) is 12.8. The van der Waals surface area contributed by atoms with Gasteiger partial charge in [-0.1, -0.05) is 19.8 Å². The molecule has 29 heavy (non-hydrogen) atoms. The summed E-state index contributed by atoms with van der Waals surface area (Å²) in [7, 11) is 0. The fraction of sp³-hybridized carbons (Fsp3) is 0.864. The molecule has 0 aromatic heterocycles. The number of nitrogens with zero attached hydrogens (tertiary/aromatic N) is 1. The Bertz CT molecular complexity index is 650.